The van der Waals surface area contributed by atoms with Crippen LogP contribution in [-0.4, -0.2) is 31.5 Å². The summed E-state index contributed by atoms with van der Waals surface area (Å²) in [6.45, 7) is 2.61. The lowest BCUT2D eigenvalue weighted by molar-refractivity contribution is 0.0827. The molecule has 0 spiro atoms. The molecule has 24 heavy (non-hydrogen) atoms. The van der Waals surface area contributed by atoms with Crippen LogP contribution < -0.4 is 10.1 Å². The first-order valence-electron chi connectivity index (χ1n) is 7.58. The second-order valence-corrected chi connectivity index (χ2v) is 5.87. The van der Waals surface area contributed by atoms with E-state index in [0.29, 0.717) is 34.2 Å². The van der Waals surface area contributed by atoms with E-state index in [4.69, 9.17) is 16.3 Å². The Balaban J connectivity index is 2.21. The normalized spacial score (nSPS) is 10.4. The Kier molecular flexibility index (Phi) is 6.04. The van der Waals surface area contributed by atoms with Crippen molar-refractivity contribution in [1.29, 1.82) is 0 Å². The number of amides is 1. The van der Waals surface area contributed by atoms with Crippen LogP contribution in [0.5, 0.6) is 5.75 Å². The lowest BCUT2D eigenvalue weighted by atomic mass is 10.1. The third-order valence-corrected chi connectivity index (χ3v) is 3.65. The minimum Gasteiger partial charge on any atom is -0.492 e. The highest BCUT2D eigenvalue weighted by atomic mass is 35.5. The van der Waals surface area contributed by atoms with E-state index in [1.807, 2.05) is 6.92 Å². The first-order chi connectivity index (χ1) is 11.4. The minimum atomic E-state index is -0.368. The van der Waals surface area contributed by atoms with Gasteiger partial charge >= 0.3 is 0 Å². The summed E-state index contributed by atoms with van der Waals surface area (Å²) < 4.78 is 19.5. The molecule has 0 saturated carbocycles. The van der Waals surface area contributed by atoms with Crippen molar-refractivity contribution in [2.75, 3.05) is 26.0 Å². The van der Waals surface area contributed by atoms with Crippen molar-refractivity contribution in [3.8, 4) is 5.75 Å². The number of nitrogens with zero attached hydrogens (tertiary/aromatic N) is 1. The van der Waals surface area contributed by atoms with Crippen LogP contribution in [0.2, 0.25) is 5.02 Å². The predicted octanol–water partition coefficient (Wildman–Crippen LogP) is 4.19. The summed E-state index contributed by atoms with van der Waals surface area (Å²) in [5, 5.41) is 3.50. The molecule has 0 fully saturated rings. The number of halogens is 2. The van der Waals surface area contributed by atoms with E-state index in [9.17, 15) is 9.18 Å². The van der Waals surface area contributed by atoms with E-state index in [-0.39, 0.29) is 18.3 Å². The second-order valence-electron chi connectivity index (χ2n) is 5.43. The molecule has 0 aromatic heterocycles. The van der Waals surface area contributed by atoms with Gasteiger partial charge in [0.2, 0.25) is 0 Å². The molecule has 0 unspecified atom stereocenters. The summed E-state index contributed by atoms with van der Waals surface area (Å²) >= 11 is 5.76. The second kappa shape index (κ2) is 8.02. The van der Waals surface area contributed by atoms with Crippen LogP contribution in [0, 0.1) is 5.82 Å². The van der Waals surface area contributed by atoms with Gasteiger partial charge in [0.25, 0.3) is 5.91 Å². The fraction of sp³-hybridized carbons (Fsp3) is 0.278. The highest BCUT2D eigenvalue weighted by Gasteiger charge is 2.12. The Bertz CT molecular complexity index is 735. The van der Waals surface area contributed by atoms with Crippen LogP contribution in [0.3, 0.4) is 0 Å². The van der Waals surface area contributed by atoms with E-state index in [0.717, 1.165) is 0 Å². The Morgan fingerprint density at radius 1 is 1.25 bits per heavy atom. The zero-order chi connectivity index (χ0) is 17.7. The van der Waals surface area contributed by atoms with Crippen LogP contribution >= 0.6 is 11.6 Å². The molecule has 0 bridgehead atoms. The molecule has 0 aliphatic carbocycles. The topological polar surface area (TPSA) is 41.6 Å². The number of carbonyl (C=O) groups is 1. The largest absolute Gasteiger partial charge is 0.492 e. The van der Waals surface area contributed by atoms with Crippen molar-refractivity contribution >= 4 is 23.2 Å². The fourth-order valence-corrected chi connectivity index (χ4v) is 2.35. The molecule has 2 aromatic rings. The summed E-state index contributed by atoms with van der Waals surface area (Å²) in [4.78, 5) is 13.6. The molecule has 1 amide bonds. The number of anilines is 1. The molecule has 6 heteroatoms. The standard InChI is InChI=1S/C18H20ClFN2O2/c1-4-24-17-9-12(18(23)22(2)3)6-8-16(17)21-11-13-5-7-14(19)10-15(13)20/h5-10,21H,4,11H2,1-3H3. The Morgan fingerprint density at radius 3 is 2.62 bits per heavy atom. The van der Waals surface area contributed by atoms with Crippen molar-refractivity contribution < 1.29 is 13.9 Å². The lowest BCUT2D eigenvalue weighted by Crippen LogP contribution is -2.21. The van der Waals surface area contributed by atoms with Gasteiger partial charge in [-0.3, -0.25) is 4.79 Å². The third-order valence-electron chi connectivity index (χ3n) is 3.42. The molecule has 1 N–H and O–H groups in total. The molecule has 2 rings (SSSR count). The van der Waals surface area contributed by atoms with E-state index in [1.54, 1.807) is 44.4 Å². The lowest BCUT2D eigenvalue weighted by Gasteiger charge is -2.16. The minimum absolute atomic E-state index is 0.105. The SMILES string of the molecule is CCOc1cc(C(=O)N(C)C)ccc1NCc1ccc(Cl)cc1F. The maximum absolute atomic E-state index is 13.9. The van der Waals surface area contributed by atoms with Crippen molar-refractivity contribution in [2.24, 2.45) is 0 Å². The predicted molar refractivity (Wildman–Crippen MR) is 94.4 cm³/mol. The zero-order valence-electron chi connectivity index (χ0n) is 13.9. The van der Waals surface area contributed by atoms with Gasteiger partial charge in [0, 0.05) is 36.8 Å². The summed E-state index contributed by atoms with van der Waals surface area (Å²) in [5.74, 6) is 0.0817. The molecule has 0 radical (unpaired) electrons. The fourth-order valence-electron chi connectivity index (χ4n) is 2.19. The number of benzene rings is 2. The molecule has 128 valence electrons. The van der Waals surface area contributed by atoms with Gasteiger partial charge in [-0.25, -0.2) is 4.39 Å². The Hall–Kier alpha value is -2.27. The first kappa shape index (κ1) is 18.1. The quantitative estimate of drug-likeness (QED) is 0.849. The number of rotatable bonds is 6. The van der Waals surface area contributed by atoms with Gasteiger partial charge in [0.15, 0.2) is 0 Å². The molecule has 0 aliphatic rings. The van der Waals surface area contributed by atoms with Crippen LogP contribution in [0.25, 0.3) is 0 Å². The Labute approximate surface area is 146 Å². The maximum Gasteiger partial charge on any atom is 0.253 e. The van der Waals surface area contributed by atoms with Crippen LogP contribution in [0.15, 0.2) is 36.4 Å². The molecule has 0 saturated heterocycles. The van der Waals surface area contributed by atoms with Crippen LogP contribution in [0.4, 0.5) is 10.1 Å². The number of carbonyl (C=O) groups excluding carboxylic acids is 1. The van der Waals surface area contributed by atoms with Crippen molar-refractivity contribution in [2.45, 2.75) is 13.5 Å². The zero-order valence-corrected chi connectivity index (χ0v) is 14.7. The summed E-state index contributed by atoms with van der Waals surface area (Å²) in [5.41, 5.74) is 1.73. The first-order valence-corrected chi connectivity index (χ1v) is 7.96. The molecule has 2 aromatic carbocycles. The van der Waals surface area contributed by atoms with E-state index in [1.165, 1.54) is 11.0 Å². The molecule has 0 atom stereocenters. The molecular formula is C18H20ClFN2O2. The van der Waals surface area contributed by atoms with Gasteiger partial charge in [0.1, 0.15) is 11.6 Å². The number of ether oxygens (including phenoxy) is 1. The highest BCUT2D eigenvalue weighted by Crippen LogP contribution is 2.27. The average molecular weight is 351 g/mol. The number of nitrogens with one attached hydrogen (secondary N) is 1. The van der Waals surface area contributed by atoms with Gasteiger partial charge < -0.3 is 15.0 Å². The summed E-state index contributed by atoms with van der Waals surface area (Å²) in [7, 11) is 3.39. The number of hydrogen-bond donors (Lipinski definition) is 1. The smallest absolute Gasteiger partial charge is 0.253 e. The maximum atomic E-state index is 13.9. The third kappa shape index (κ3) is 4.38. The molecule has 4 nitrogen and oxygen atoms in total. The molecular weight excluding hydrogens is 331 g/mol. The van der Waals surface area contributed by atoms with Gasteiger partial charge in [-0.15, -0.1) is 0 Å². The monoisotopic (exact) mass is 350 g/mol. The Morgan fingerprint density at radius 2 is 2.00 bits per heavy atom. The van der Waals surface area contributed by atoms with Crippen LogP contribution in [0.1, 0.15) is 22.8 Å². The van der Waals surface area contributed by atoms with Crippen LogP contribution in [-0.2, 0) is 6.54 Å². The number of hydrogen-bond acceptors (Lipinski definition) is 3. The van der Waals surface area contributed by atoms with E-state index in [2.05, 4.69) is 5.32 Å². The van der Waals surface area contributed by atoms with Gasteiger partial charge in [-0.1, -0.05) is 17.7 Å². The van der Waals surface area contributed by atoms with Gasteiger partial charge in [-0.2, -0.15) is 0 Å². The van der Waals surface area contributed by atoms with Crippen molar-refractivity contribution in [1.82, 2.24) is 4.90 Å². The summed E-state index contributed by atoms with van der Waals surface area (Å²) in [6.07, 6.45) is 0. The highest BCUT2D eigenvalue weighted by molar-refractivity contribution is 6.30. The van der Waals surface area contributed by atoms with E-state index >= 15 is 0 Å². The summed E-state index contributed by atoms with van der Waals surface area (Å²) in [6, 6.07) is 9.72. The molecule has 0 aliphatic heterocycles. The average Bonchev–Trinajstić information content (AvgIpc) is 2.54. The van der Waals surface area contributed by atoms with Crippen molar-refractivity contribution in [3.05, 3.63) is 58.4 Å². The molecule has 0 heterocycles. The van der Waals surface area contributed by atoms with Gasteiger partial charge in [0.05, 0.1) is 12.3 Å². The van der Waals surface area contributed by atoms with Crippen molar-refractivity contribution in [3.63, 3.8) is 0 Å². The van der Waals surface area contributed by atoms with E-state index < -0.39 is 0 Å². The van der Waals surface area contributed by atoms with Gasteiger partial charge in [-0.05, 0) is 37.3 Å².